The summed E-state index contributed by atoms with van der Waals surface area (Å²) in [6, 6.07) is 1.73. The van der Waals surface area contributed by atoms with Crippen LogP contribution in [0.2, 0.25) is 0 Å². The van der Waals surface area contributed by atoms with Crippen LogP contribution in [0.4, 0.5) is 0 Å². The zero-order chi connectivity index (χ0) is 17.4. The van der Waals surface area contributed by atoms with Gasteiger partial charge in [-0.25, -0.2) is 0 Å². The second kappa shape index (κ2) is 6.61. The molecule has 0 aliphatic carbocycles. The maximum atomic E-state index is 12.3. The van der Waals surface area contributed by atoms with Crippen molar-refractivity contribution >= 4 is 5.91 Å². The summed E-state index contributed by atoms with van der Waals surface area (Å²) < 4.78 is 9.40. The molecule has 25 heavy (non-hydrogen) atoms. The molecule has 0 aromatic carbocycles. The molecule has 4 rings (SSSR count). The van der Waals surface area contributed by atoms with Gasteiger partial charge < -0.3 is 10.1 Å². The van der Waals surface area contributed by atoms with E-state index in [1.54, 1.807) is 24.0 Å². The zero-order valence-corrected chi connectivity index (χ0v) is 14.6. The van der Waals surface area contributed by atoms with Crippen LogP contribution >= 0.6 is 0 Å². The topological polar surface area (TPSA) is 77.2 Å². The van der Waals surface area contributed by atoms with Crippen molar-refractivity contribution in [2.45, 2.75) is 12.6 Å². The van der Waals surface area contributed by atoms with Gasteiger partial charge in [-0.1, -0.05) is 0 Å². The molecule has 2 aromatic rings. The first-order valence-electron chi connectivity index (χ1n) is 8.68. The minimum atomic E-state index is -0.0753. The van der Waals surface area contributed by atoms with Gasteiger partial charge in [0.2, 0.25) is 0 Å². The lowest BCUT2D eigenvalue weighted by Crippen LogP contribution is -2.35. The number of ether oxygens (including phenoxy) is 1. The third-order valence-electron chi connectivity index (χ3n) is 5.26. The third-order valence-corrected chi connectivity index (χ3v) is 5.26. The SMILES string of the molecule is Cn1cc(CN2C[C@H]3[C@H](CNC(=O)c4ccnn4C)CO[C@H]3C2)cn1. The number of carbonyl (C=O) groups excluding carboxylic acids is 1. The van der Waals surface area contributed by atoms with Crippen LogP contribution in [-0.2, 0) is 25.4 Å². The first-order valence-corrected chi connectivity index (χ1v) is 8.68. The van der Waals surface area contributed by atoms with Crippen LogP contribution in [-0.4, -0.2) is 62.7 Å². The molecule has 2 aliphatic heterocycles. The average Bonchev–Trinajstić information content (AvgIpc) is 3.32. The van der Waals surface area contributed by atoms with E-state index >= 15 is 0 Å². The van der Waals surface area contributed by atoms with E-state index in [1.165, 1.54) is 5.56 Å². The van der Waals surface area contributed by atoms with Crippen molar-refractivity contribution in [3.8, 4) is 0 Å². The fraction of sp³-hybridized carbons (Fsp3) is 0.588. The Hall–Kier alpha value is -2.19. The lowest BCUT2D eigenvalue weighted by atomic mass is 9.93. The summed E-state index contributed by atoms with van der Waals surface area (Å²) in [6.07, 6.45) is 5.88. The number of likely N-dealkylation sites (tertiary alicyclic amines) is 1. The summed E-state index contributed by atoms with van der Waals surface area (Å²) in [5, 5.41) is 11.3. The van der Waals surface area contributed by atoms with Crippen molar-refractivity contribution in [1.82, 2.24) is 29.8 Å². The zero-order valence-electron chi connectivity index (χ0n) is 14.6. The molecule has 3 atom stereocenters. The molecule has 0 spiro atoms. The Bertz CT molecular complexity index is 754. The maximum Gasteiger partial charge on any atom is 0.269 e. The monoisotopic (exact) mass is 344 g/mol. The molecular formula is C17H24N6O2. The number of aryl methyl sites for hydroxylation is 2. The standard InChI is InChI=1S/C17H24N6O2/c1-21-7-12(5-20-21)8-23-9-14-13(11-25-16(14)10-23)6-18-17(24)15-3-4-19-22(15)2/h3-5,7,13-14,16H,6,8-11H2,1-2H3,(H,18,24)/t13-,14+,16+/m1/s1. The molecule has 0 saturated carbocycles. The van der Waals surface area contributed by atoms with Gasteiger partial charge in [-0.05, 0) is 6.07 Å². The Morgan fingerprint density at radius 1 is 1.36 bits per heavy atom. The van der Waals surface area contributed by atoms with Crippen LogP contribution in [0.15, 0.2) is 24.7 Å². The average molecular weight is 344 g/mol. The Balaban J connectivity index is 1.31. The second-order valence-corrected chi connectivity index (χ2v) is 7.06. The van der Waals surface area contributed by atoms with Gasteiger partial charge in [0.1, 0.15) is 5.69 Å². The van der Waals surface area contributed by atoms with Crippen molar-refractivity contribution in [1.29, 1.82) is 0 Å². The molecule has 1 N–H and O–H groups in total. The quantitative estimate of drug-likeness (QED) is 0.828. The molecule has 0 bridgehead atoms. The minimum absolute atomic E-state index is 0.0753. The highest BCUT2D eigenvalue weighted by Gasteiger charge is 2.43. The number of rotatable bonds is 5. The normalized spacial score (nSPS) is 26.1. The molecular weight excluding hydrogens is 320 g/mol. The number of fused-ring (bicyclic) bond motifs is 1. The van der Waals surface area contributed by atoms with E-state index in [9.17, 15) is 4.79 Å². The van der Waals surface area contributed by atoms with Crippen LogP contribution in [0, 0.1) is 11.8 Å². The van der Waals surface area contributed by atoms with Crippen LogP contribution in [0.5, 0.6) is 0 Å². The Morgan fingerprint density at radius 2 is 2.24 bits per heavy atom. The summed E-state index contributed by atoms with van der Waals surface area (Å²) in [7, 11) is 3.71. The van der Waals surface area contributed by atoms with Gasteiger partial charge >= 0.3 is 0 Å². The maximum absolute atomic E-state index is 12.3. The molecule has 1 amide bonds. The highest BCUT2D eigenvalue weighted by Crippen LogP contribution is 2.34. The number of nitrogens with zero attached hydrogens (tertiary/aromatic N) is 5. The molecule has 4 heterocycles. The fourth-order valence-corrected chi connectivity index (χ4v) is 3.94. The predicted molar refractivity (Wildman–Crippen MR) is 90.7 cm³/mol. The summed E-state index contributed by atoms with van der Waals surface area (Å²) in [5.41, 5.74) is 1.81. The van der Waals surface area contributed by atoms with Gasteiger partial charge in [-0.3, -0.25) is 19.1 Å². The van der Waals surface area contributed by atoms with Crippen molar-refractivity contribution in [3.05, 3.63) is 35.9 Å². The fourth-order valence-electron chi connectivity index (χ4n) is 3.94. The third kappa shape index (κ3) is 3.32. The first-order chi connectivity index (χ1) is 12.1. The van der Waals surface area contributed by atoms with E-state index in [0.717, 1.165) is 26.2 Å². The van der Waals surface area contributed by atoms with Crippen molar-refractivity contribution in [2.24, 2.45) is 25.9 Å². The number of hydrogen-bond acceptors (Lipinski definition) is 5. The second-order valence-electron chi connectivity index (χ2n) is 7.06. The lowest BCUT2D eigenvalue weighted by molar-refractivity contribution is 0.0899. The number of aromatic nitrogens is 4. The van der Waals surface area contributed by atoms with E-state index in [4.69, 9.17) is 4.74 Å². The highest BCUT2D eigenvalue weighted by atomic mass is 16.5. The Morgan fingerprint density at radius 3 is 2.96 bits per heavy atom. The first kappa shape index (κ1) is 16.3. The van der Waals surface area contributed by atoms with Crippen LogP contribution in [0.3, 0.4) is 0 Å². The van der Waals surface area contributed by atoms with Gasteiger partial charge in [0.05, 0.1) is 18.9 Å². The summed E-state index contributed by atoms with van der Waals surface area (Å²) in [6.45, 7) is 4.23. The van der Waals surface area contributed by atoms with E-state index < -0.39 is 0 Å². The molecule has 134 valence electrons. The highest BCUT2D eigenvalue weighted by molar-refractivity contribution is 5.92. The van der Waals surface area contributed by atoms with Crippen LogP contribution in [0.25, 0.3) is 0 Å². The predicted octanol–water partition coefficient (Wildman–Crippen LogP) is 0.0304. The number of nitrogens with one attached hydrogen (secondary N) is 1. The van der Waals surface area contributed by atoms with E-state index in [1.807, 2.05) is 17.9 Å². The van der Waals surface area contributed by atoms with Crippen molar-refractivity contribution in [3.63, 3.8) is 0 Å². The molecule has 2 fully saturated rings. The largest absolute Gasteiger partial charge is 0.376 e. The van der Waals surface area contributed by atoms with Gasteiger partial charge in [0, 0.05) is 70.1 Å². The smallest absolute Gasteiger partial charge is 0.269 e. The number of hydrogen-bond donors (Lipinski definition) is 1. The molecule has 0 radical (unpaired) electrons. The van der Waals surface area contributed by atoms with E-state index in [-0.39, 0.29) is 12.0 Å². The molecule has 2 saturated heterocycles. The summed E-state index contributed by atoms with van der Waals surface area (Å²) in [4.78, 5) is 14.7. The molecule has 0 unspecified atom stereocenters. The Kier molecular flexibility index (Phi) is 4.30. The number of amides is 1. The summed E-state index contributed by atoms with van der Waals surface area (Å²) in [5.74, 6) is 0.762. The van der Waals surface area contributed by atoms with Crippen molar-refractivity contribution < 1.29 is 9.53 Å². The molecule has 2 aromatic heterocycles. The van der Waals surface area contributed by atoms with Gasteiger partial charge in [-0.2, -0.15) is 10.2 Å². The number of carbonyl (C=O) groups is 1. The lowest BCUT2D eigenvalue weighted by Gasteiger charge is -2.19. The van der Waals surface area contributed by atoms with Crippen LogP contribution in [0.1, 0.15) is 16.1 Å². The van der Waals surface area contributed by atoms with Gasteiger partial charge in [-0.15, -0.1) is 0 Å². The molecule has 8 heteroatoms. The van der Waals surface area contributed by atoms with E-state index in [0.29, 0.717) is 24.1 Å². The van der Waals surface area contributed by atoms with Crippen LogP contribution < -0.4 is 5.32 Å². The van der Waals surface area contributed by atoms with E-state index in [2.05, 4.69) is 26.6 Å². The summed E-state index contributed by atoms with van der Waals surface area (Å²) >= 11 is 0. The van der Waals surface area contributed by atoms with Crippen molar-refractivity contribution in [2.75, 3.05) is 26.2 Å². The van der Waals surface area contributed by atoms with Gasteiger partial charge in [0.15, 0.2) is 0 Å². The van der Waals surface area contributed by atoms with Gasteiger partial charge in [0.25, 0.3) is 5.91 Å². The molecule has 2 aliphatic rings. The molecule has 8 nitrogen and oxygen atoms in total. The Labute approximate surface area is 146 Å². The minimum Gasteiger partial charge on any atom is -0.376 e.